The molecule has 0 N–H and O–H groups in total. The fraction of sp³-hybridized carbons (Fsp3) is 0.261. The third kappa shape index (κ3) is 2.54. The second-order valence-electron chi connectivity index (χ2n) is 7.03. The summed E-state index contributed by atoms with van der Waals surface area (Å²) in [6, 6.07) is 17.8. The Labute approximate surface area is 144 Å². The van der Waals surface area contributed by atoms with Gasteiger partial charge in [0, 0.05) is 23.4 Å². The van der Waals surface area contributed by atoms with Crippen molar-refractivity contribution in [3.63, 3.8) is 0 Å². The number of hydrogen-bond donors (Lipinski definition) is 0. The summed E-state index contributed by atoms with van der Waals surface area (Å²) in [5.74, 6) is 0.485. The smallest absolute Gasteiger partial charge is 0.0445 e. The van der Waals surface area contributed by atoms with E-state index in [0.29, 0.717) is 5.92 Å². The highest BCUT2D eigenvalue weighted by molar-refractivity contribution is 5.69. The molecule has 24 heavy (non-hydrogen) atoms. The molecular formula is C23H23N. The Balaban J connectivity index is 1.81. The molecule has 0 saturated heterocycles. The van der Waals surface area contributed by atoms with Crippen LogP contribution in [0.2, 0.25) is 0 Å². The predicted molar refractivity (Wildman–Crippen MR) is 100 cm³/mol. The Morgan fingerprint density at radius 2 is 1.46 bits per heavy atom. The molecule has 1 aliphatic carbocycles. The zero-order chi connectivity index (χ0) is 16.7. The van der Waals surface area contributed by atoms with Gasteiger partial charge in [0.15, 0.2) is 0 Å². The van der Waals surface area contributed by atoms with Crippen LogP contribution < -0.4 is 0 Å². The van der Waals surface area contributed by atoms with Crippen molar-refractivity contribution in [3.05, 3.63) is 88.2 Å². The molecule has 1 unspecified atom stereocenters. The molecule has 1 heterocycles. The highest BCUT2D eigenvalue weighted by Gasteiger charge is 2.28. The number of aromatic nitrogens is 1. The molecule has 0 spiro atoms. The Morgan fingerprint density at radius 1 is 0.833 bits per heavy atom. The summed E-state index contributed by atoms with van der Waals surface area (Å²) in [5, 5.41) is 0. The van der Waals surface area contributed by atoms with E-state index >= 15 is 0 Å². The van der Waals surface area contributed by atoms with E-state index in [1.54, 1.807) is 0 Å². The predicted octanol–water partition coefficient (Wildman–Crippen LogP) is 5.75. The van der Waals surface area contributed by atoms with Gasteiger partial charge in [0.2, 0.25) is 0 Å². The van der Waals surface area contributed by atoms with Crippen LogP contribution in [0.3, 0.4) is 0 Å². The summed E-state index contributed by atoms with van der Waals surface area (Å²) in [4.78, 5) is 4.81. The Bertz CT molecular complexity index is 873. The van der Waals surface area contributed by atoms with Gasteiger partial charge in [-0.05, 0) is 55.9 Å². The van der Waals surface area contributed by atoms with Crippen molar-refractivity contribution in [3.8, 4) is 11.1 Å². The largest absolute Gasteiger partial charge is 0.260 e. The first-order valence-corrected chi connectivity index (χ1v) is 8.75. The molecule has 1 heteroatoms. The monoisotopic (exact) mass is 313 g/mol. The van der Waals surface area contributed by atoms with Crippen molar-refractivity contribution in [1.82, 2.24) is 4.98 Å². The molecule has 1 aliphatic rings. The summed E-state index contributed by atoms with van der Waals surface area (Å²) in [5.41, 5.74) is 10.7. The van der Waals surface area contributed by atoms with E-state index in [-0.39, 0.29) is 0 Å². The van der Waals surface area contributed by atoms with Gasteiger partial charge in [-0.3, -0.25) is 4.98 Å². The van der Waals surface area contributed by atoms with Gasteiger partial charge in [-0.2, -0.15) is 0 Å². The summed E-state index contributed by atoms with van der Waals surface area (Å²) in [7, 11) is 0. The van der Waals surface area contributed by atoms with E-state index in [1.807, 2.05) is 0 Å². The average molecular weight is 313 g/mol. The van der Waals surface area contributed by atoms with Gasteiger partial charge in [-0.15, -0.1) is 0 Å². The minimum Gasteiger partial charge on any atom is -0.260 e. The van der Waals surface area contributed by atoms with E-state index in [4.69, 9.17) is 4.98 Å². The van der Waals surface area contributed by atoms with E-state index in [9.17, 15) is 0 Å². The number of benzene rings is 2. The Hall–Kier alpha value is -2.41. The van der Waals surface area contributed by atoms with E-state index in [0.717, 1.165) is 6.42 Å². The second-order valence-corrected chi connectivity index (χ2v) is 7.03. The number of hydrogen-bond acceptors (Lipinski definition) is 1. The SMILES string of the molecule is Cc1ccc(-c2cnc3c(c2C)C(c2ccc(C)cc2)CC3)cc1. The summed E-state index contributed by atoms with van der Waals surface area (Å²) in [6.45, 7) is 6.54. The number of pyridine rings is 1. The van der Waals surface area contributed by atoms with Gasteiger partial charge < -0.3 is 0 Å². The van der Waals surface area contributed by atoms with E-state index < -0.39 is 0 Å². The van der Waals surface area contributed by atoms with Crippen LogP contribution in [0.15, 0.2) is 54.7 Å². The first kappa shape index (κ1) is 15.1. The number of nitrogens with zero attached hydrogens (tertiary/aromatic N) is 1. The minimum atomic E-state index is 0.485. The highest BCUT2D eigenvalue weighted by Crippen LogP contribution is 2.41. The molecule has 0 saturated carbocycles. The van der Waals surface area contributed by atoms with Gasteiger partial charge in [-0.25, -0.2) is 0 Å². The van der Waals surface area contributed by atoms with Crippen LogP contribution in [0.1, 0.15) is 45.8 Å². The lowest BCUT2D eigenvalue weighted by atomic mass is 9.88. The number of rotatable bonds is 2. The number of aryl methyl sites for hydroxylation is 3. The Kier molecular flexibility index (Phi) is 3.72. The maximum Gasteiger partial charge on any atom is 0.0445 e. The first-order valence-electron chi connectivity index (χ1n) is 8.75. The van der Waals surface area contributed by atoms with Crippen LogP contribution in [-0.2, 0) is 6.42 Å². The maximum absolute atomic E-state index is 4.81. The quantitative estimate of drug-likeness (QED) is 0.587. The van der Waals surface area contributed by atoms with E-state index in [1.165, 1.54) is 51.1 Å². The zero-order valence-electron chi connectivity index (χ0n) is 14.6. The summed E-state index contributed by atoms with van der Waals surface area (Å²) < 4.78 is 0. The second kappa shape index (κ2) is 5.90. The molecule has 0 amide bonds. The molecule has 1 atom stereocenters. The third-order valence-electron chi connectivity index (χ3n) is 5.33. The molecule has 1 aromatic heterocycles. The Morgan fingerprint density at radius 3 is 2.12 bits per heavy atom. The molecule has 3 aromatic rings. The standard InChI is InChI=1S/C23H23N/c1-15-4-8-18(9-5-15)20-12-13-22-23(20)17(3)21(14-24-22)19-10-6-16(2)7-11-19/h4-11,14,20H,12-13H2,1-3H3. The van der Waals surface area contributed by atoms with Crippen LogP contribution in [0.25, 0.3) is 11.1 Å². The van der Waals surface area contributed by atoms with Gasteiger partial charge in [0.05, 0.1) is 0 Å². The van der Waals surface area contributed by atoms with Crippen molar-refractivity contribution in [2.24, 2.45) is 0 Å². The minimum absolute atomic E-state index is 0.485. The molecule has 0 fully saturated rings. The van der Waals surface area contributed by atoms with Crippen LogP contribution in [0.4, 0.5) is 0 Å². The van der Waals surface area contributed by atoms with Gasteiger partial charge in [0.25, 0.3) is 0 Å². The van der Waals surface area contributed by atoms with Crippen LogP contribution in [-0.4, -0.2) is 4.98 Å². The van der Waals surface area contributed by atoms with Crippen LogP contribution in [0.5, 0.6) is 0 Å². The van der Waals surface area contributed by atoms with Gasteiger partial charge in [-0.1, -0.05) is 59.7 Å². The molecule has 120 valence electrons. The molecule has 1 nitrogen and oxygen atoms in total. The molecule has 4 rings (SSSR count). The molecule has 2 aromatic carbocycles. The fourth-order valence-corrected chi connectivity index (χ4v) is 3.91. The lowest BCUT2D eigenvalue weighted by molar-refractivity contribution is 0.783. The third-order valence-corrected chi connectivity index (χ3v) is 5.33. The topological polar surface area (TPSA) is 12.9 Å². The van der Waals surface area contributed by atoms with Crippen LogP contribution in [0, 0.1) is 20.8 Å². The fourth-order valence-electron chi connectivity index (χ4n) is 3.91. The van der Waals surface area contributed by atoms with Crippen molar-refractivity contribution in [2.75, 3.05) is 0 Å². The normalized spacial score (nSPS) is 16.2. The maximum atomic E-state index is 4.81. The lowest BCUT2D eigenvalue weighted by Gasteiger charge is -2.17. The van der Waals surface area contributed by atoms with Crippen LogP contribution >= 0.6 is 0 Å². The first-order chi connectivity index (χ1) is 11.6. The number of fused-ring (bicyclic) bond motifs is 1. The zero-order valence-corrected chi connectivity index (χ0v) is 14.6. The molecule has 0 aliphatic heterocycles. The van der Waals surface area contributed by atoms with Gasteiger partial charge in [0.1, 0.15) is 0 Å². The summed E-state index contributed by atoms with van der Waals surface area (Å²) in [6.07, 6.45) is 4.32. The van der Waals surface area contributed by atoms with Crippen molar-refractivity contribution >= 4 is 0 Å². The highest BCUT2D eigenvalue weighted by atomic mass is 14.7. The van der Waals surface area contributed by atoms with E-state index in [2.05, 4.69) is 75.5 Å². The molecular weight excluding hydrogens is 290 g/mol. The molecule has 0 radical (unpaired) electrons. The van der Waals surface area contributed by atoms with Crippen molar-refractivity contribution in [1.29, 1.82) is 0 Å². The summed E-state index contributed by atoms with van der Waals surface area (Å²) >= 11 is 0. The van der Waals surface area contributed by atoms with Gasteiger partial charge >= 0.3 is 0 Å². The van der Waals surface area contributed by atoms with Crippen molar-refractivity contribution in [2.45, 2.75) is 39.5 Å². The molecule has 0 bridgehead atoms. The van der Waals surface area contributed by atoms with Crippen molar-refractivity contribution < 1.29 is 0 Å². The lowest BCUT2D eigenvalue weighted by Crippen LogP contribution is -2.01. The average Bonchev–Trinajstić information content (AvgIpc) is 3.02.